The van der Waals surface area contributed by atoms with Gasteiger partial charge in [0.05, 0.1) is 11.8 Å². The number of hydrogen-bond donors (Lipinski definition) is 2. The molecule has 8 heteroatoms. The Kier molecular flexibility index (Phi) is 7.92. The minimum absolute atomic E-state index is 0.105. The van der Waals surface area contributed by atoms with E-state index < -0.39 is 0 Å². The Morgan fingerprint density at radius 3 is 2.21 bits per heavy atom. The molecule has 0 unspecified atom stereocenters. The number of rotatable bonds is 8. The van der Waals surface area contributed by atoms with Gasteiger partial charge in [-0.1, -0.05) is 49.4 Å². The van der Waals surface area contributed by atoms with E-state index in [9.17, 15) is 9.59 Å². The summed E-state index contributed by atoms with van der Waals surface area (Å²) in [7, 11) is 1.85. The Labute approximate surface area is 199 Å². The number of nitrogens with zero attached hydrogens (tertiary/aromatic N) is 3. The lowest BCUT2D eigenvalue weighted by molar-refractivity contribution is -0.113. The normalized spacial score (nSPS) is 12.0. The Balaban J connectivity index is 1.66. The van der Waals surface area contributed by atoms with Crippen LogP contribution in [0.3, 0.4) is 0 Å². The summed E-state index contributed by atoms with van der Waals surface area (Å²) in [5, 5.41) is 15.2. The summed E-state index contributed by atoms with van der Waals surface area (Å²) in [5.74, 6) is 0.707. The molecule has 2 N–H and O–H groups in total. The second-order valence-corrected chi connectivity index (χ2v) is 9.62. The molecule has 3 rings (SSSR count). The Bertz CT molecular complexity index is 1120. The van der Waals surface area contributed by atoms with Gasteiger partial charge >= 0.3 is 0 Å². The van der Waals surface area contributed by atoms with Crippen LogP contribution in [-0.2, 0) is 11.8 Å². The standard InChI is InChI=1S/C25H31N5O2S/c1-15(2)22(27-24(32)19-9-7-16(3)8-10-19)23-28-29-25(30(23)6)33-14-21(31)26-20-12-17(4)11-18(5)13-20/h7-13,15,22H,14H2,1-6H3,(H,26,31)(H,27,32)/t22-/m0/s1. The van der Waals surface area contributed by atoms with Gasteiger partial charge in [-0.05, 0) is 62.1 Å². The number of aryl methyl sites for hydroxylation is 3. The zero-order valence-corrected chi connectivity index (χ0v) is 20.8. The average molecular weight is 466 g/mol. The highest BCUT2D eigenvalue weighted by Gasteiger charge is 2.25. The number of carbonyl (C=O) groups is 2. The van der Waals surface area contributed by atoms with Crippen LogP contribution in [0.15, 0.2) is 47.6 Å². The first kappa shape index (κ1) is 24.5. The first-order valence-electron chi connectivity index (χ1n) is 10.9. The molecule has 0 spiro atoms. The molecule has 1 heterocycles. The third-order valence-corrected chi connectivity index (χ3v) is 6.27. The number of carbonyl (C=O) groups excluding carboxylic acids is 2. The molecule has 2 aromatic carbocycles. The number of benzene rings is 2. The molecule has 0 radical (unpaired) electrons. The Hall–Kier alpha value is -3.13. The number of amides is 2. The highest BCUT2D eigenvalue weighted by Crippen LogP contribution is 2.25. The summed E-state index contributed by atoms with van der Waals surface area (Å²) in [6.45, 7) is 10.0. The van der Waals surface area contributed by atoms with Gasteiger partial charge in [-0.25, -0.2) is 0 Å². The van der Waals surface area contributed by atoms with Crippen LogP contribution in [0.5, 0.6) is 0 Å². The first-order chi connectivity index (χ1) is 15.6. The smallest absolute Gasteiger partial charge is 0.251 e. The van der Waals surface area contributed by atoms with Crippen molar-refractivity contribution in [3.05, 3.63) is 70.5 Å². The lowest BCUT2D eigenvalue weighted by Gasteiger charge is -2.21. The summed E-state index contributed by atoms with van der Waals surface area (Å²) in [6.07, 6.45) is 0. The minimum Gasteiger partial charge on any atom is -0.342 e. The van der Waals surface area contributed by atoms with E-state index in [1.807, 2.05) is 82.6 Å². The molecular weight excluding hydrogens is 434 g/mol. The van der Waals surface area contributed by atoms with Gasteiger partial charge in [0.1, 0.15) is 0 Å². The largest absolute Gasteiger partial charge is 0.342 e. The van der Waals surface area contributed by atoms with Crippen LogP contribution in [0.1, 0.15) is 52.8 Å². The summed E-state index contributed by atoms with van der Waals surface area (Å²) in [4.78, 5) is 25.2. The Morgan fingerprint density at radius 2 is 1.61 bits per heavy atom. The van der Waals surface area contributed by atoms with Crippen molar-refractivity contribution in [2.75, 3.05) is 11.1 Å². The van der Waals surface area contributed by atoms with Crippen molar-refractivity contribution in [2.24, 2.45) is 13.0 Å². The topological polar surface area (TPSA) is 88.9 Å². The Morgan fingerprint density at radius 1 is 0.970 bits per heavy atom. The van der Waals surface area contributed by atoms with Gasteiger partial charge in [0.15, 0.2) is 11.0 Å². The molecule has 1 atom stereocenters. The third-order valence-electron chi connectivity index (χ3n) is 5.25. The summed E-state index contributed by atoms with van der Waals surface area (Å²) in [6, 6.07) is 13.1. The lowest BCUT2D eigenvalue weighted by atomic mass is 10.0. The average Bonchev–Trinajstić information content (AvgIpc) is 3.10. The SMILES string of the molecule is Cc1ccc(C(=O)N[C@H](c2nnc(SCC(=O)Nc3cc(C)cc(C)c3)n2C)C(C)C)cc1. The van der Waals surface area contributed by atoms with Gasteiger partial charge in [0.2, 0.25) is 5.91 Å². The van der Waals surface area contributed by atoms with E-state index in [0.29, 0.717) is 16.5 Å². The molecular formula is C25H31N5O2S. The molecule has 0 aliphatic heterocycles. The molecule has 3 aromatic rings. The molecule has 7 nitrogen and oxygen atoms in total. The van der Waals surface area contributed by atoms with E-state index >= 15 is 0 Å². The van der Waals surface area contributed by atoms with Gasteiger partial charge in [0.25, 0.3) is 5.91 Å². The molecule has 1 aromatic heterocycles. The van der Waals surface area contributed by atoms with Crippen LogP contribution in [0.25, 0.3) is 0 Å². The van der Waals surface area contributed by atoms with Crippen molar-refractivity contribution >= 4 is 29.3 Å². The van der Waals surface area contributed by atoms with Crippen molar-refractivity contribution in [2.45, 2.75) is 45.8 Å². The molecule has 0 aliphatic rings. The minimum atomic E-state index is -0.310. The summed E-state index contributed by atoms with van der Waals surface area (Å²) < 4.78 is 1.84. The van der Waals surface area contributed by atoms with E-state index in [1.54, 1.807) is 0 Å². The van der Waals surface area contributed by atoms with Gasteiger partial charge in [0, 0.05) is 18.3 Å². The zero-order valence-electron chi connectivity index (χ0n) is 20.0. The lowest BCUT2D eigenvalue weighted by Crippen LogP contribution is -2.33. The molecule has 0 bridgehead atoms. The molecule has 174 valence electrons. The fourth-order valence-electron chi connectivity index (χ4n) is 3.56. The van der Waals surface area contributed by atoms with Crippen LogP contribution >= 0.6 is 11.8 Å². The maximum Gasteiger partial charge on any atom is 0.251 e. The van der Waals surface area contributed by atoms with E-state index in [2.05, 4.69) is 26.9 Å². The monoisotopic (exact) mass is 465 g/mol. The maximum absolute atomic E-state index is 12.8. The molecule has 2 amide bonds. The number of nitrogens with one attached hydrogen (secondary N) is 2. The number of hydrogen-bond acceptors (Lipinski definition) is 5. The number of anilines is 1. The fourth-order valence-corrected chi connectivity index (χ4v) is 4.27. The van der Waals surface area contributed by atoms with Crippen molar-refractivity contribution in [3.63, 3.8) is 0 Å². The predicted octanol–water partition coefficient (Wildman–Crippen LogP) is 4.60. The molecule has 0 saturated carbocycles. The second kappa shape index (κ2) is 10.7. The highest BCUT2D eigenvalue weighted by atomic mass is 32.2. The quantitative estimate of drug-likeness (QED) is 0.475. The summed E-state index contributed by atoms with van der Waals surface area (Å²) >= 11 is 1.31. The van der Waals surface area contributed by atoms with Gasteiger partial charge in [-0.15, -0.1) is 10.2 Å². The van der Waals surface area contributed by atoms with Crippen LogP contribution in [0.4, 0.5) is 5.69 Å². The number of aromatic nitrogens is 3. The molecule has 0 fully saturated rings. The maximum atomic E-state index is 12.8. The first-order valence-corrected chi connectivity index (χ1v) is 11.9. The number of thioether (sulfide) groups is 1. The van der Waals surface area contributed by atoms with E-state index in [4.69, 9.17) is 0 Å². The van der Waals surface area contributed by atoms with Crippen LogP contribution in [0.2, 0.25) is 0 Å². The fraction of sp³-hybridized carbons (Fsp3) is 0.360. The van der Waals surface area contributed by atoms with Crippen LogP contribution in [0, 0.1) is 26.7 Å². The van der Waals surface area contributed by atoms with E-state index in [1.165, 1.54) is 11.8 Å². The zero-order chi connectivity index (χ0) is 24.1. The van der Waals surface area contributed by atoms with Crippen molar-refractivity contribution in [3.8, 4) is 0 Å². The third kappa shape index (κ3) is 6.44. The van der Waals surface area contributed by atoms with Crippen molar-refractivity contribution < 1.29 is 9.59 Å². The van der Waals surface area contributed by atoms with Crippen molar-refractivity contribution in [1.29, 1.82) is 0 Å². The van der Waals surface area contributed by atoms with E-state index in [-0.39, 0.29) is 29.5 Å². The van der Waals surface area contributed by atoms with Crippen LogP contribution < -0.4 is 10.6 Å². The van der Waals surface area contributed by atoms with E-state index in [0.717, 1.165) is 22.4 Å². The van der Waals surface area contributed by atoms with Crippen molar-refractivity contribution in [1.82, 2.24) is 20.1 Å². The molecule has 33 heavy (non-hydrogen) atoms. The van der Waals surface area contributed by atoms with Gasteiger partial charge in [-0.3, -0.25) is 9.59 Å². The predicted molar refractivity (Wildman–Crippen MR) is 132 cm³/mol. The summed E-state index contributed by atoms with van der Waals surface area (Å²) in [5.41, 5.74) is 4.69. The van der Waals surface area contributed by atoms with Crippen LogP contribution in [-0.4, -0.2) is 32.3 Å². The second-order valence-electron chi connectivity index (χ2n) is 8.67. The van der Waals surface area contributed by atoms with Gasteiger partial charge < -0.3 is 15.2 Å². The highest BCUT2D eigenvalue weighted by molar-refractivity contribution is 7.99. The molecule has 0 saturated heterocycles. The van der Waals surface area contributed by atoms with Gasteiger partial charge in [-0.2, -0.15) is 0 Å². The molecule has 0 aliphatic carbocycles.